The molecule has 0 N–H and O–H groups in total. The average Bonchev–Trinajstić information content (AvgIpc) is 3.39. The first-order valence-electron chi connectivity index (χ1n) is 11.0. The number of carbonyl (C=O) groups is 1. The summed E-state index contributed by atoms with van der Waals surface area (Å²) in [5.41, 5.74) is 3.07. The molecule has 0 bridgehead atoms. The van der Waals surface area contributed by atoms with Crippen LogP contribution in [0.3, 0.4) is 0 Å². The molecule has 1 aliphatic rings. The second kappa shape index (κ2) is 9.35. The Balaban J connectivity index is 1.23. The third-order valence-corrected chi connectivity index (χ3v) is 5.89. The molecule has 0 aliphatic carbocycles. The molecule has 2 heterocycles. The Kier molecular flexibility index (Phi) is 5.95. The Bertz CT molecular complexity index is 1280. The van der Waals surface area contributed by atoms with Crippen LogP contribution in [0.5, 0.6) is 5.75 Å². The van der Waals surface area contributed by atoms with Crippen molar-refractivity contribution in [3.8, 4) is 28.6 Å². The third kappa shape index (κ3) is 4.47. The molecule has 1 amide bonds. The zero-order valence-corrected chi connectivity index (χ0v) is 18.6. The number of benzene rings is 3. The summed E-state index contributed by atoms with van der Waals surface area (Å²) in [6, 6.07) is 21.0. The van der Waals surface area contributed by atoms with Gasteiger partial charge in [0.1, 0.15) is 11.6 Å². The van der Waals surface area contributed by atoms with Gasteiger partial charge in [-0.15, -0.1) is 0 Å². The molecule has 1 aromatic heterocycles. The van der Waals surface area contributed by atoms with E-state index in [0.29, 0.717) is 41.5 Å². The molecule has 7 nitrogen and oxygen atoms in total. The topological polar surface area (TPSA) is 71.7 Å². The number of hydrogen-bond acceptors (Lipinski definition) is 6. The molecule has 0 spiro atoms. The minimum absolute atomic E-state index is 0.00521. The van der Waals surface area contributed by atoms with Crippen molar-refractivity contribution >= 4 is 11.6 Å². The lowest BCUT2D eigenvalue weighted by molar-refractivity contribution is 0.0747. The highest BCUT2D eigenvalue weighted by Crippen LogP contribution is 2.25. The highest BCUT2D eigenvalue weighted by Gasteiger charge is 2.23. The fourth-order valence-corrected chi connectivity index (χ4v) is 3.97. The molecule has 4 aromatic rings. The number of rotatable bonds is 5. The van der Waals surface area contributed by atoms with Crippen LogP contribution in [0.4, 0.5) is 10.1 Å². The smallest absolute Gasteiger partial charge is 0.258 e. The number of ether oxygens (including phenoxy) is 1. The Morgan fingerprint density at radius 3 is 2.35 bits per heavy atom. The van der Waals surface area contributed by atoms with Crippen LogP contribution < -0.4 is 9.64 Å². The molecule has 34 heavy (non-hydrogen) atoms. The molecule has 0 unspecified atom stereocenters. The van der Waals surface area contributed by atoms with E-state index in [2.05, 4.69) is 21.1 Å². The van der Waals surface area contributed by atoms with E-state index in [1.54, 1.807) is 43.5 Å². The summed E-state index contributed by atoms with van der Waals surface area (Å²) >= 11 is 0. The van der Waals surface area contributed by atoms with E-state index in [9.17, 15) is 9.18 Å². The van der Waals surface area contributed by atoms with Crippen molar-refractivity contribution < 1.29 is 18.4 Å². The minimum Gasteiger partial charge on any atom is -0.497 e. The van der Waals surface area contributed by atoms with Crippen LogP contribution in [0, 0.1) is 5.82 Å². The van der Waals surface area contributed by atoms with Gasteiger partial charge in [0.05, 0.1) is 7.11 Å². The van der Waals surface area contributed by atoms with Gasteiger partial charge in [-0.25, -0.2) is 4.39 Å². The molecule has 0 saturated carbocycles. The van der Waals surface area contributed by atoms with Gasteiger partial charge in [0, 0.05) is 54.6 Å². The van der Waals surface area contributed by atoms with Crippen LogP contribution in [0.25, 0.3) is 22.8 Å². The first kappa shape index (κ1) is 21.6. The molecule has 8 heteroatoms. The summed E-state index contributed by atoms with van der Waals surface area (Å²) < 4.78 is 23.8. The Labute approximate surface area is 196 Å². The number of amides is 1. The van der Waals surface area contributed by atoms with Crippen molar-refractivity contribution in [1.29, 1.82) is 0 Å². The molecule has 3 aromatic carbocycles. The fraction of sp³-hybridized carbons (Fsp3) is 0.192. The van der Waals surface area contributed by atoms with E-state index in [-0.39, 0.29) is 11.7 Å². The highest BCUT2D eigenvalue weighted by atomic mass is 19.1. The van der Waals surface area contributed by atoms with E-state index < -0.39 is 0 Å². The van der Waals surface area contributed by atoms with Gasteiger partial charge in [-0.1, -0.05) is 11.2 Å². The van der Waals surface area contributed by atoms with Gasteiger partial charge in [0.25, 0.3) is 11.8 Å². The van der Waals surface area contributed by atoms with E-state index in [4.69, 9.17) is 9.26 Å². The standard InChI is InChI=1S/C26H23FN4O3/c1-33-23-4-2-3-22(17-23)30-13-15-31(16-14-30)26(32)20-7-5-19(6-8-20)25-28-24(29-34-25)18-9-11-21(27)12-10-18/h2-12,17H,13-16H2,1H3. The number of carbonyl (C=O) groups excluding carboxylic acids is 1. The first-order chi connectivity index (χ1) is 16.6. The van der Waals surface area contributed by atoms with Gasteiger partial charge >= 0.3 is 0 Å². The summed E-state index contributed by atoms with van der Waals surface area (Å²) in [6.07, 6.45) is 0. The van der Waals surface area contributed by atoms with Crippen molar-refractivity contribution in [2.75, 3.05) is 38.2 Å². The largest absolute Gasteiger partial charge is 0.497 e. The number of piperazine rings is 1. The zero-order chi connectivity index (χ0) is 23.5. The maximum atomic E-state index is 13.1. The SMILES string of the molecule is COc1cccc(N2CCN(C(=O)c3ccc(-c4nc(-c5ccc(F)cc5)no4)cc3)CC2)c1. The normalized spacial score (nSPS) is 13.7. The fourth-order valence-electron chi connectivity index (χ4n) is 3.97. The van der Waals surface area contributed by atoms with E-state index in [0.717, 1.165) is 24.5 Å². The zero-order valence-electron chi connectivity index (χ0n) is 18.6. The third-order valence-electron chi connectivity index (χ3n) is 5.89. The molecule has 0 atom stereocenters. The molecule has 1 saturated heterocycles. The highest BCUT2D eigenvalue weighted by molar-refractivity contribution is 5.94. The maximum Gasteiger partial charge on any atom is 0.258 e. The predicted octanol–water partition coefficient (Wildman–Crippen LogP) is 4.51. The van der Waals surface area contributed by atoms with Gasteiger partial charge in [-0.2, -0.15) is 4.98 Å². The van der Waals surface area contributed by atoms with Crippen LogP contribution in [-0.2, 0) is 0 Å². The van der Waals surface area contributed by atoms with Gasteiger partial charge in [0.2, 0.25) is 5.82 Å². The van der Waals surface area contributed by atoms with Crippen LogP contribution in [0.1, 0.15) is 10.4 Å². The quantitative estimate of drug-likeness (QED) is 0.438. The van der Waals surface area contributed by atoms with Crippen molar-refractivity contribution in [2.45, 2.75) is 0 Å². The lowest BCUT2D eigenvalue weighted by atomic mass is 10.1. The van der Waals surface area contributed by atoms with Crippen LogP contribution in [0.2, 0.25) is 0 Å². The number of aromatic nitrogens is 2. The van der Waals surface area contributed by atoms with Crippen LogP contribution in [-0.4, -0.2) is 54.2 Å². The average molecular weight is 458 g/mol. The monoisotopic (exact) mass is 458 g/mol. The summed E-state index contributed by atoms with van der Waals surface area (Å²) in [6.45, 7) is 2.79. The van der Waals surface area contributed by atoms with Crippen LogP contribution in [0.15, 0.2) is 77.3 Å². The molecule has 5 rings (SSSR count). The lowest BCUT2D eigenvalue weighted by Gasteiger charge is -2.36. The van der Waals surface area contributed by atoms with Gasteiger partial charge in [-0.05, 0) is 60.7 Å². The molecular weight excluding hydrogens is 435 g/mol. The van der Waals surface area contributed by atoms with Crippen molar-refractivity contribution in [3.63, 3.8) is 0 Å². The van der Waals surface area contributed by atoms with Crippen molar-refractivity contribution in [1.82, 2.24) is 15.0 Å². The minimum atomic E-state index is -0.325. The second-order valence-electron chi connectivity index (χ2n) is 7.99. The Morgan fingerprint density at radius 2 is 1.65 bits per heavy atom. The Morgan fingerprint density at radius 1 is 0.941 bits per heavy atom. The summed E-state index contributed by atoms with van der Waals surface area (Å²) in [4.78, 5) is 21.5. The number of halogens is 1. The number of anilines is 1. The number of hydrogen-bond donors (Lipinski definition) is 0. The summed E-state index contributed by atoms with van der Waals surface area (Å²) in [5.74, 6) is 1.21. The lowest BCUT2D eigenvalue weighted by Crippen LogP contribution is -2.48. The maximum absolute atomic E-state index is 13.1. The molecule has 1 fully saturated rings. The first-order valence-corrected chi connectivity index (χ1v) is 11.0. The van der Waals surface area contributed by atoms with Crippen LogP contribution >= 0.6 is 0 Å². The number of methoxy groups -OCH3 is 1. The van der Waals surface area contributed by atoms with Gasteiger partial charge in [0.15, 0.2) is 0 Å². The Hall–Kier alpha value is -4.20. The molecule has 0 radical (unpaired) electrons. The summed E-state index contributed by atoms with van der Waals surface area (Å²) in [5, 5.41) is 3.97. The van der Waals surface area contributed by atoms with Crippen molar-refractivity contribution in [3.05, 3.63) is 84.2 Å². The van der Waals surface area contributed by atoms with Gasteiger partial charge < -0.3 is 19.1 Å². The molecule has 172 valence electrons. The van der Waals surface area contributed by atoms with Gasteiger partial charge in [-0.3, -0.25) is 4.79 Å². The van der Waals surface area contributed by atoms with E-state index in [1.165, 1.54) is 12.1 Å². The molecular formula is C26H23FN4O3. The van der Waals surface area contributed by atoms with E-state index >= 15 is 0 Å². The van der Waals surface area contributed by atoms with E-state index in [1.807, 2.05) is 23.1 Å². The second-order valence-corrected chi connectivity index (χ2v) is 7.99. The van der Waals surface area contributed by atoms with Crippen molar-refractivity contribution in [2.24, 2.45) is 0 Å². The summed E-state index contributed by atoms with van der Waals surface area (Å²) in [7, 11) is 1.66. The molecule has 1 aliphatic heterocycles. The predicted molar refractivity (Wildman–Crippen MR) is 126 cm³/mol. The number of nitrogens with zero attached hydrogens (tertiary/aromatic N) is 4.